The minimum atomic E-state index is -0.628. The van der Waals surface area contributed by atoms with E-state index in [1.165, 1.54) is 17.0 Å². The number of anilines is 2. The molecule has 3 heterocycles. The molecule has 0 aliphatic carbocycles. The van der Waals surface area contributed by atoms with Crippen molar-refractivity contribution in [2.24, 2.45) is 5.41 Å². The molecule has 3 aliphatic rings. The maximum absolute atomic E-state index is 14.5. The van der Waals surface area contributed by atoms with E-state index in [1.807, 2.05) is 11.8 Å². The molecular formula is C16H19F2N3O2S. The first-order valence-corrected chi connectivity index (χ1v) is 9.11. The van der Waals surface area contributed by atoms with E-state index >= 15 is 0 Å². The van der Waals surface area contributed by atoms with Gasteiger partial charge in [0.2, 0.25) is 0 Å². The van der Waals surface area contributed by atoms with E-state index in [0.29, 0.717) is 19.6 Å². The molecule has 1 atom stereocenters. The minimum absolute atomic E-state index is 0.0145. The number of benzene rings is 1. The van der Waals surface area contributed by atoms with Crippen molar-refractivity contribution in [3.05, 3.63) is 23.8 Å². The maximum Gasteiger partial charge on any atom is 0.414 e. The number of nitrogens with zero attached hydrogens (tertiary/aromatic N) is 2. The molecule has 0 saturated carbocycles. The fourth-order valence-corrected chi connectivity index (χ4v) is 4.72. The Morgan fingerprint density at radius 3 is 2.54 bits per heavy atom. The van der Waals surface area contributed by atoms with Crippen molar-refractivity contribution in [3.8, 4) is 0 Å². The summed E-state index contributed by atoms with van der Waals surface area (Å²) in [5.74, 6) is 0.877. The number of likely N-dealkylation sites (N-methyl/N-ethyl adjacent to an activating group) is 1. The first-order valence-electron chi connectivity index (χ1n) is 7.96. The third-order valence-corrected chi connectivity index (χ3v) is 6.44. The summed E-state index contributed by atoms with van der Waals surface area (Å²) in [6, 6.07) is 2.45. The number of cyclic esters (lactones) is 1. The topological polar surface area (TPSA) is 44.8 Å². The molecule has 0 aromatic heterocycles. The SMILES string of the molecule is CNCC1CN(c2cc(F)c(N3CC4(CSC4)C3)c(F)c2)C(=O)O1. The Balaban J connectivity index is 1.53. The van der Waals surface area contributed by atoms with Crippen molar-refractivity contribution in [2.75, 3.05) is 54.5 Å². The summed E-state index contributed by atoms with van der Waals surface area (Å²) in [5.41, 5.74) is 0.467. The van der Waals surface area contributed by atoms with Crippen molar-refractivity contribution in [1.82, 2.24) is 5.32 Å². The van der Waals surface area contributed by atoms with E-state index in [-0.39, 0.29) is 29.4 Å². The second-order valence-electron chi connectivity index (χ2n) is 6.78. The van der Waals surface area contributed by atoms with E-state index in [0.717, 1.165) is 11.5 Å². The molecule has 1 aromatic rings. The second kappa shape index (κ2) is 5.77. The van der Waals surface area contributed by atoms with Crippen LogP contribution in [0.15, 0.2) is 12.1 Å². The number of amides is 1. The van der Waals surface area contributed by atoms with Gasteiger partial charge in [0, 0.05) is 48.7 Å². The van der Waals surface area contributed by atoms with Crippen molar-refractivity contribution in [2.45, 2.75) is 6.10 Å². The number of carbonyl (C=O) groups excluding carboxylic acids is 1. The van der Waals surface area contributed by atoms with Gasteiger partial charge in [-0.3, -0.25) is 4.90 Å². The van der Waals surface area contributed by atoms with Gasteiger partial charge in [0.15, 0.2) is 11.6 Å². The largest absolute Gasteiger partial charge is 0.443 e. The van der Waals surface area contributed by atoms with Gasteiger partial charge in [0.05, 0.1) is 12.2 Å². The van der Waals surface area contributed by atoms with Gasteiger partial charge in [0.25, 0.3) is 0 Å². The van der Waals surface area contributed by atoms with Gasteiger partial charge in [-0.2, -0.15) is 11.8 Å². The van der Waals surface area contributed by atoms with Crippen LogP contribution in [0.25, 0.3) is 0 Å². The highest BCUT2D eigenvalue weighted by Gasteiger charge is 2.49. The van der Waals surface area contributed by atoms with Crippen LogP contribution in [-0.4, -0.2) is 56.9 Å². The molecule has 0 bridgehead atoms. The highest BCUT2D eigenvalue weighted by atomic mass is 32.2. The lowest BCUT2D eigenvalue weighted by atomic mass is 9.82. The first kappa shape index (κ1) is 16.0. The minimum Gasteiger partial charge on any atom is -0.443 e. The summed E-state index contributed by atoms with van der Waals surface area (Å²) in [6.45, 7) is 2.17. The van der Waals surface area contributed by atoms with E-state index in [4.69, 9.17) is 4.74 Å². The third-order valence-electron chi connectivity index (χ3n) is 4.80. The average molecular weight is 355 g/mol. The lowest BCUT2D eigenvalue weighted by molar-refractivity contribution is 0.141. The van der Waals surface area contributed by atoms with Crippen LogP contribution in [0.1, 0.15) is 0 Å². The van der Waals surface area contributed by atoms with Crippen LogP contribution in [0.4, 0.5) is 25.0 Å². The fraction of sp³-hybridized carbons (Fsp3) is 0.562. The lowest BCUT2D eigenvalue weighted by Gasteiger charge is -2.56. The smallest absolute Gasteiger partial charge is 0.414 e. The van der Waals surface area contributed by atoms with Crippen LogP contribution in [-0.2, 0) is 4.74 Å². The Morgan fingerprint density at radius 1 is 1.33 bits per heavy atom. The van der Waals surface area contributed by atoms with Crippen LogP contribution >= 0.6 is 11.8 Å². The van der Waals surface area contributed by atoms with Crippen molar-refractivity contribution < 1.29 is 18.3 Å². The lowest BCUT2D eigenvalue weighted by Crippen LogP contribution is -2.63. The number of thioether (sulfide) groups is 1. The summed E-state index contributed by atoms with van der Waals surface area (Å²) in [6.07, 6.45) is -0.893. The number of rotatable bonds is 4. The van der Waals surface area contributed by atoms with Gasteiger partial charge >= 0.3 is 6.09 Å². The zero-order chi connectivity index (χ0) is 16.9. The van der Waals surface area contributed by atoms with E-state index in [1.54, 1.807) is 11.9 Å². The van der Waals surface area contributed by atoms with Gasteiger partial charge in [-0.05, 0) is 7.05 Å². The number of nitrogens with one attached hydrogen (secondary N) is 1. The number of ether oxygens (including phenoxy) is 1. The molecule has 0 radical (unpaired) electrons. The Kier molecular flexibility index (Phi) is 3.84. The van der Waals surface area contributed by atoms with Gasteiger partial charge in [0.1, 0.15) is 11.8 Å². The van der Waals surface area contributed by atoms with Crippen LogP contribution < -0.4 is 15.1 Å². The Hall–Kier alpha value is -1.54. The average Bonchev–Trinajstić information content (AvgIpc) is 2.79. The molecule has 130 valence electrons. The monoisotopic (exact) mass is 355 g/mol. The summed E-state index contributed by atoms with van der Waals surface area (Å²) < 4.78 is 34.2. The predicted molar refractivity (Wildman–Crippen MR) is 89.9 cm³/mol. The summed E-state index contributed by atoms with van der Waals surface area (Å²) in [4.78, 5) is 14.9. The van der Waals surface area contributed by atoms with Crippen molar-refractivity contribution >= 4 is 29.2 Å². The highest BCUT2D eigenvalue weighted by Crippen LogP contribution is 2.48. The molecule has 8 heteroatoms. The van der Waals surface area contributed by atoms with E-state index < -0.39 is 17.7 Å². The maximum atomic E-state index is 14.5. The molecule has 24 heavy (non-hydrogen) atoms. The molecule has 3 fully saturated rings. The van der Waals surface area contributed by atoms with Gasteiger partial charge in [-0.1, -0.05) is 0 Å². The third kappa shape index (κ3) is 2.52. The normalized spacial score (nSPS) is 24.8. The van der Waals surface area contributed by atoms with E-state index in [9.17, 15) is 13.6 Å². The molecule has 1 spiro atoms. The molecule has 1 amide bonds. The fourth-order valence-electron chi connectivity index (χ4n) is 3.57. The van der Waals surface area contributed by atoms with Crippen molar-refractivity contribution in [1.29, 1.82) is 0 Å². The molecule has 3 aliphatic heterocycles. The number of hydrogen-bond acceptors (Lipinski definition) is 5. The molecule has 3 saturated heterocycles. The molecule has 4 rings (SSSR count). The molecule has 5 nitrogen and oxygen atoms in total. The number of hydrogen-bond donors (Lipinski definition) is 1. The summed E-state index contributed by atoms with van der Waals surface area (Å²) in [7, 11) is 1.76. The van der Waals surface area contributed by atoms with Gasteiger partial charge in [-0.15, -0.1) is 0 Å². The predicted octanol–water partition coefficient (Wildman–Crippen LogP) is 2.06. The van der Waals surface area contributed by atoms with Crippen molar-refractivity contribution in [3.63, 3.8) is 0 Å². The highest BCUT2D eigenvalue weighted by molar-refractivity contribution is 8.00. The zero-order valence-electron chi connectivity index (χ0n) is 13.3. The number of halogens is 2. The molecule has 1 aromatic carbocycles. The van der Waals surface area contributed by atoms with E-state index in [2.05, 4.69) is 5.32 Å². The Bertz CT molecular complexity index is 652. The zero-order valence-corrected chi connectivity index (χ0v) is 14.2. The van der Waals surface area contributed by atoms with Crippen LogP contribution in [0.2, 0.25) is 0 Å². The number of carbonyl (C=O) groups is 1. The first-order chi connectivity index (χ1) is 11.5. The molecular weight excluding hydrogens is 336 g/mol. The van der Waals surface area contributed by atoms with Gasteiger partial charge in [-0.25, -0.2) is 13.6 Å². The van der Waals surface area contributed by atoms with Crippen LogP contribution in [0.5, 0.6) is 0 Å². The Labute approximate surface area is 143 Å². The second-order valence-corrected chi connectivity index (χ2v) is 7.77. The molecule has 1 unspecified atom stereocenters. The van der Waals surface area contributed by atoms with Crippen LogP contribution in [0.3, 0.4) is 0 Å². The van der Waals surface area contributed by atoms with Gasteiger partial charge < -0.3 is 15.0 Å². The summed E-state index contributed by atoms with van der Waals surface area (Å²) in [5, 5.41) is 2.92. The van der Waals surface area contributed by atoms with Crippen LogP contribution in [0, 0.1) is 17.0 Å². The standard InChI is InChI=1S/C16H19F2N3O2S/c1-19-4-11-5-21(15(22)23-11)10-2-12(17)14(13(18)3-10)20-6-16(7-20)8-24-9-16/h2-3,11,19H,4-9H2,1H3. The molecule has 1 N–H and O–H groups in total. The Morgan fingerprint density at radius 2 is 2.00 bits per heavy atom. The summed E-state index contributed by atoms with van der Waals surface area (Å²) >= 11 is 1.87. The quantitative estimate of drug-likeness (QED) is 0.896.